The summed E-state index contributed by atoms with van der Waals surface area (Å²) in [5.74, 6) is -0.462. The molecule has 3 aromatic rings. The zero-order chi connectivity index (χ0) is 22.0. The summed E-state index contributed by atoms with van der Waals surface area (Å²) in [6, 6.07) is 3.26. The standard InChI is InChI=1S/C20H21F4N5O2/c1-2-31-18-13-5-6-25-17(13)27-19(28-18)26-15-4-3-12(11-14(15)21)16(20(22,23)24)29-7-9-30-10-8-29/h3-6,11,16H,2,7-10H2,1H3,(H2,25,26,27,28)/t16-/m0/s1. The first-order chi connectivity index (χ1) is 14.9. The van der Waals surface area contributed by atoms with Gasteiger partial charge in [0.2, 0.25) is 11.8 Å². The van der Waals surface area contributed by atoms with Gasteiger partial charge in [-0.05, 0) is 30.7 Å². The van der Waals surface area contributed by atoms with Gasteiger partial charge >= 0.3 is 6.18 Å². The molecule has 31 heavy (non-hydrogen) atoms. The molecule has 0 aliphatic carbocycles. The van der Waals surface area contributed by atoms with Crippen molar-refractivity contribution in [2.24, 2.45) is 0 Å². The van der Waals surface area contributed by atoms with Gasteiger partial charge in [0.15, 0.2) is 0 Å². The fourth-order valence-corrected chi connectivity index (χ4v) is 3.58. The molecule has 0 radical (unpaired) electrons. The molecule has 2 aromatic heterocycles. The summed E-state index contributed by atoms with van der Waals surface area (Å²) < 4.78 is 66.7. The lowest BCUT2D eigenvalue weighted by Gasteiger charge is -2.35. The highest BCUT2D eigenvalue weighted by Crippen LogP contribution is 2.39. The molecule has 3 heterocycles. The van der Waals surface area contributed by atoms with Crippen molar-refractivity contribution in [1.82, 2.24) is 19.9 Å². The van der Waals surface area contributed by atoms with Gasteiger partial charge in [0.1, 0.15) is 17.5 Å². The zero-order valence-corrected chi connectivity index (χ0v) is 16.7. The van der Waals surface area contributed by atoms with E-state index in [0.29, 0.717) is 23.5 Å². The molecule has 1 saturated heterocycles. The number of hydrogen-bond donors (Lipinski definition) is 2. The number of benzene rings is 1. The van der Waals surface area contributed by atoms with Crippen LogP contribution in [0.3, 0.4) is 0 Å². The summed E-state index contributed by atoms with van der Waals surface area (Å²) in [5.41, 5.74) is 0.274. The number of hydrogen-bond acceptors (Lipinski definition) is 6. The van der Waals surface area contributed by atoms with Gasteiger partial charge in [-0.25, -0.2) is 4.39 Å². The number of aromatic nitrogens is 3. The highest BCUT2D eigenvalue weighted by Gasteiger charge is 2.45. The van der Waals surface area contributed by atoms with Crippen molar-refractivity contribution < 1.29 is 27.0 Å². The number of H-pyrrole nitrogens is 1. The average molecular weight is 439 g/mol. The highest BCUT2D eigenvalue weighted by molar-refractivity contribution is 5.82. The summed E-state index contributed by atoms with van der Waals surface area (Å²) in [7, 11) is 0. The fraction of sp³-hybridized carbons (Fsp3) is 0.400. The van der Waals surface area contributed by atoms with Crippen molar-refractivity contribution in [2.45, 2.75) is 19.1 Å². The molecule has 4 rings (SSSR count). The van der Waals surface area contributed by atoms with Crippen LogP contribution in [0.25, 0.3) is 11.0 Å². The van der Waals surface area contributed by atoms with E-state index in [1.54, 1.807) is 19.2 Å². The molecular formula is C20H21F4N5O2. The SMILES string of the molecule is CCOc1nc(Nc2ccc([C@H](N3CCOCC3)C(F)(F)F)cc2F)nc2[nH]ccc12. The minimum Gasteiger partial charge on any atom is -0.477 e. The van der Waals surface area contributed by atoms with Crippen LogP contribution in [0.5, 0.6) is 5.88 Å². The number of ether oxygens (including phenoxy) is 2. The van der Waals surface area contributed by atoms with Crippen LogP contribution < -0.4 is 10.1 Å². The van der Waals surface area contributed by atoms with E-state index in [2.05, 4.69) is 20.3 Å². The molecule has 2 N–H and O–H groups in total. The van der Waals surface area contributed by atoms with E-state index in [4.69, 9.17) is 9.47 Å². The van der Waals surface area contributed by atoms with Gasteiger partial charge in [0, 0.05) is 19.3 Å². The maximum atomic E-state index is 14.8. The van der Waals surface area contributed by atoms with Crippen molar-refractivity contribution in [2.75, 3.05) is 38.2 Å². The molecule has 1 fully saturated rings. The number of alkyl halides is 3. The Kier molecular flexibility index (Phi) is 5.96. The van der Waals surface area contributed by atoms with Crippen LogP contribution in [0.15, 0.2) is 30.5 Å². The molecule has 1 aliphatic rings. The average Bonchev–Trinajstić information content (AvgIpc) is 3.19. The first-order valence-corrected chi connectivity index (χ1v) is 9.79. The van der Waals surface area contributed by atoms with Crippen molar-refractivity contribution in [1.29, 1.82) is 0 Å². The van der Waals surface area contributed by atoms with E-state index in [1.807, 2.05) is 0 Å². The van der Waals surface area contributed by atoms with E-state index < -0.39 is 18.0 Å². The molecule has 1 aliphatic heterocycles. The number of aromatic amines is 1. The second-order valence-electron chi connectivity index (χ2n) is 6.98. The third kappa shape index (κ3) is 4.57. The Morgan fingerprint density at radius 1 is 1.23 bits per heavy atom. The Labute approximate surface area is 175 Å². The predicted molar refractivity (Wildman–Crippen MR) is 106 cm³/mol. The number of nitrogens with zero attached hydrogens (tertiary/aromatic N) is 3. The van der Waals surface area contributed by atoms with Gasteiger partial charge in [0.05, 0.1) is 30.9 Å². The lowest BCUT2D eigenvalue weighted by Crippen LogP contribution is -2.44. The lowest BCUT2D eigenvalue weighted by molar-refractivity contribution is -0.194. The van der Waals surface area contributed by atoms with Gasteiger partial charge in [0.25, 0.3) is 0 Å². The second-order valence-corrected chi connectivity index (χ2v) is 6.98. The van der Waals surface area contributed by atoms with E-state index in [0.717, 1.165) is 6.07 Å². The van der Waals surface area contributed by atoms with Crippen LogP contribution in [0, 0.1) is 5.82 Å². The molecule has 11 heteroatoms. The molecule has 7 nitrogen and oxygen atoms in total. The smallest absolute Gasteiger partial charge is 0.408 e. The van der Waals surface area contributed by atoms with Crippen molar-refractivity contribution in [3.05, 3.63) is 41.8 Å². The summed E-state index contributed by atoms with van der Waals surface area (Å²) in [6.45, 7) is 2.83. The van der Waals surface area contributed by atoms with Crippen LogP contribution in [0.4, 0.5) is 29.2 Å². The number of halogens is 4. The summed E-state index contributed by atoms with van der Waals surface area (Å²) >= 11 is 0. The van der Waals surface area contributed by atoms with E-state index >= 15 is 0 Å². The Morgan fingerprint density at radius 2 is 2.00 bits per heavy atom. The van der Waals surface area contributed by atoms with Gasteiger partial charge in [-0.3, -0.25) is 4.90 Å². The molecule has 1 atom stereocenters. The normalized spacial score (nSPS) is 16.4. The number of nitrogens with one attached hydrogen (secondary N) is 2. The monoisotopic (exact) mass is 439 g/mol. The number of anilines is 2. The van der Waals surface area contributed by atoms with Gasteiger partial charge in [-0.15, -0.1) is 0 Å². The van der Waals surface area contributed by atoms with Crippen LogP contribution in [0.1, 0.15) is 18.5 Å². The molecule has 166 valence electrons. The van der Waals surface area contributed by atoms with E-state index in [9.17, 15) is 17.6 Å². The van der Waals surface area contributed by atoms with Crippen LogP contribution >= 0.6 is 0 Å². The van der Waals surface area contributed by atoms with Gasteiger partial charge in [-0.2, -0.15) is 23.1 Å². The third-order valence-corrected chi connectivity index (χ3v) is 4.94. The van der Waals surface area contributed by atoms with Crippen molar-refractivity contribution in [3.63, 3.8) is 0 Å². The number of morpholine rings is 1. The van der Waals surface area contributed by atoms with Crippen LogP contribution in [-0.2, 0) is 4.74 Å². The highest BCUT2D eigenvalue weighted by atomic mass is 19.4. The zero-order valence-electron chi connectivity index (χ0n) is 16.7. The predicted octanol–water partition coefficient (Wildman–Crippen LogP) is 4.17. The Bertz CT molecular complexity index is 1050. The molecule has 0 spiro atoms. The molecule has 0 unspecified atom stereocenters. The molecule has 1 aromatic carbocycles. The van der Waals surface area contributed by atoms with Crippen molar-refractivity contribution >= 4 is 22.7 Å². The Morgan fingerprint density at radius 3 is 2.68 bits per heavy atom. The van der Waals surface area contributed by atoms with Gasteiger partial charge < -0.3 is 19.8 Å². The quantitative estimate of drug-likeness (QED) is 0.562. The van der Waals surface area contributed by atoms with Crippen LogP contribution in [-0.4, -0.2) is 58.9 Å². The first kappa shape index (κ1) is 21.3. The third-order valence-electron chi connectivity index (χ3n) is 4.94. The lowest BCUT2D eigenvalue weighted by atomic mass is 10.0. The van der Waals surface area contributed by atoms with Gasteiger partial charge in [-0.1, -0.05) is 6.07 Å². The number of fused-ring (bicyclic) bond motifs is 1. The second kappa shape index (κ2) is 8.67. The topological polar surface area (TPSA) is 75.3 Å². The Balaban J connectivity index is 1.62. The summed E-state index contributed by atoms with van der Waals surface area (Å²) in [4.78, 5) is 12.7. The number of rotatable bonds is 6. The first-order valence-electron chi connectivity index (χ1n) is 9.79. The van der Waals surface area contributed by atoms with Crippen molar-refractivity contribution in [3.8, 4) is 5.88 Å². The molecule has 0 saturated carbocycles. The molecular weight excluding hydrogens is 418 g/mol. The molecule has 0 bridgehead atoms. The largest absolute Gasteiger partial charge is 0.477 e. The fourth-order valence-electron chi connectivity index (χ4n) is 3.58. The summed E-state index contributed by atoms with van der Waals surface area (Å²) in [5, 5.41) is 3.39. The summed E-state index contributed by atoms with van der Waals surface area (Å²) in [6.07, 6.45) is -2.88. The van der Waals surface area contributed by atoms with Crippen LogP contribution in [0.2, 0.25) is 0 Å². The van der Waals surface area contributed by atoms with E-state index in [-0.39, 0.29) is 43.5 Å². The minimum absolute atomic E-state index is 0.0417. The molecule has 0 amide bonds. The maximum absolute atomic E-state index is 14.8. The minimum atomic E-state index is -4.55. The van der Waals surface area contributed by atoms with E-state index in [1.165, 1.54) is 17.0 Å². The Hall–Kier alpha value is -2.92. The maximum Gasteiger partial charge on any atom is 0.408 e.